The zero-order valence-corrected chi connectivity index (χ0v) is 11.7. The van der Waals surface area contributed by atoms with Crippen molar-refractivity contribution in [1.82, 2.24) is 10.2 Å². The van der Waals surface area contributed by atoms with Crippen molar-refractivity contribution in [3.05, 3.63) is 29.6 Å². The van der Waals surface area contributed by atoms with Crippen LogP contribution in [0.1, 0.15) is 18.4 Å². The molecule has 0 radical (unpaired) electrons. The standard InChI is InChI=1S/C15H20FN3O/c1-19-8-4-12(5-9-19)20-14-3-2-11(10-13(14)16)15-17-6-7-18-15/h2-3,10,12H,4-9H2,1H3,(H,17,18). The molecule has 2 aliphatic rings. The number of amidine groups is 1. The van der Waals surface area contributed by atoms with Gasteiger partial charge in [0, 0.05) is 25.2 Å². The number of nitrogens with one attached hydrogen (secondary N) is 1. The first-order valence-corrected chi connectivity index (χ1v) is 7.16. The first kappa shape index (κ1) is 13.4. The van der Waals surface area contributed by atoms with Crippen LogP contribution >= 0.6 is 0 Å². The number of likely N-dealkylation sites (tertiary alicyclic amines) is 1. The summed E-state index contributed by atoms with van der Waals surface area (Å²) in [5, 5.41) is 3.14. The second kappa shape index (κ2) is 5.79. The second-order valence-corrected chi connectivity index (χ2v) is 5.42. The lowest BCUT2D eigenvalue weighted by atomic mass is 10.1. The molecule has 0 saturated carbocycles. The van der Waals surface area contributed by atoms with E-state index in [1.54, 1.807) is 6.07 Å². The van der Waals surface area contributed by atoms with Crippen molar-refractivity contribution in [1.29, 1.82) is 0 Å². The molecule has 1 fully saturated rings. The average Bonchev–Trinajstić information content (AvgIpc) is 2.97. The van der Waals surface area contributed by atoms with Gasteiger partial charge in [-0.15, -0.1) is 0 Å². The molecule has 0 spiro atoms. The van der Waals surface area contributed by atoms with E-state index in [4.69, 9.17) is 4.74 Å². The van der Waals surface area contributed by atoms with Gasteiger partial charge in [0.15, 0.2) is 11.6 Å². The molecule has 0 amide bonds. The van der Waals surface area contributed by atoms with Gasteiger partial charge < -0.3 is 15.0 Å². The topological polar surface area (TPSA) is 36.9 Å². The van der Waals surface area contributed by atoms with Gasteiger partial charge in [-0.05, 0) is 38.1 Å². The molecule has 1 N–H and O–H groups in total. The minimum absolute atomic E-state index is 0.119. The molecule has 1 aromatic rings. The van der Waals surface area contributed by atoms with Crippen molar-refractivity contribution in [3.63, 3.8) is 0 Å². The third-order valence-electron chi connectivity index (χ3n) is 3.84. The smallest absolute Gasteiger partial charge is 0.165 e. The van der Waals surface area contributed by atoms with Crippen LogP contribution < -0.4 is 10.1 Å². The van der Waals surface area contributed by atoms with Crippen LogP contribution in [0.5, 0.6) is 5.75 Å². The van der Waals surface area contributed by atoms with Gasteiger partial charge in [-0.3, -0.25) is 4.99 Å². The molecular formula is C15H20FN3O. The summed E-state index contributed by atoms with van der Waals surface area (Å²) >= 11 is 0. The molecule has 1 saturated heterocycles. The first-order valence-electron chi connectivity index (χ1n) is 7.16. The Morgan fingerprint density at radius 1 is 1.35 bits per heavy atom. The lowest BCUT2D eigenvalue weighted by molar-refractivity contribution is 0.110. The van der Waals surface area contributed by atoms with Gasteiger partial charge in [0.1, 0.15) is 11.9 Å². The predicted molar refractivity (Wildman–Crippen MR) is 77.0 cm³/mol. The van der Waals surface area contributed by atoms with Gasteiger partial charge in [0.05, 0.1) is 6.54 Å². The Kier molecular flexibility index (Phi) is 3.87. The Morgan fingerprint density at radius 2 is 2.15 bits per heavy atom. The monoisotopic (exact) mass is 277 g/mol. The lowest BCUT2D eigenvalue weighted by Crippen LogP contribution is -2.35. The van der Waals surface area contributed by atoms with E-state index in [2.05, 4.69) is 22.3 Å². The van der Waals surface area contributed by atoms with Gasteiger partial charge in [0.2, 0.25) is 0 Å². The van der Waals surface area contributed by atoms with Crippen LogP contribution in [0.4, 0.5) is 4.39 Å². The quantitative estimate of drug-likeness (QED) is 0.912. The molecule has 3 rings (SSSR count). The summed E-state index contributed by atoms with van der Waals surface area (Å²) in [6.07, 6.45) is 2.02. The molecule has 1 aromatic carbocycles. The number of ether oxygens (including phenoxy) is 1. The molecule has 4 nitrogen and oxygen atoms in total. The summed E-state index contributed by atoms with van der Waals surface area (Å²) in [6.45, 7) is 3.59. The summed E-state index contributed by atoms with van der Waals surface area (Å²) in [7, 11) is 2.10. The van der Waals surface area contributed by atoms with Crippen LogP contribution in [0.3, 0.4) is 0 Å². The van der Waals surface area contributed by atoms with E-state index in [1.165, 1.54) is 6.07 Å². The van der Waals surface area contributed by atoms with E-state index in [0.29, 0.717) is 5.75 Å². The summed E-state index contributed by atoms with van der Waals surface area (Å²) in [4.78, 5) is 6.56. The highest BCUT2D eigenvalue weighted by Crippen LogP contribution is 2.23. The lowest BCUT2D eigenvalue weighted by Gasteiger charge is -2.29. The molecule has 0 unspecified atom stereocenters. The molecule has 2 aliphatic heterocycles. The Morgan fingerprint density at radius 3 is 2.80 bits per heavy atom. The molecule has 0 atom stereocenters. The van der Waals surface area contributed by atoms with Crippen molar-refractivity contribution >= 4 is 5.84 Å². The minimum Gasteiger partial charge on any atom is -0.487 e. The first-order chi connectivity index (χ1) is 9.72. The SMILES string of the molecule is CN1CCC(Oc2ccc(C3=NCCN3)cc2F)CC1. The molecule has 0 bridgehead atoms. The Hall–Kier alpha value is -1.62. The Bertz CT molecular complexity index is 510. The van der Waals surface area contributed by atoms with Crippen LogP contribution in [-0.4, -0.2) is 50.1 Å². The second-order valence-electron chi connectivity index (χ2n) is 5.42. The van der Waals surface area contributed by atoms with Crippen LogP contribution in [-0.2, 0) is 0 Å². The number of piperidine rings is 1. The minimum atomic E-state index is -0.308. The van der Waals surface area contributed by atoms with Crippen LogP contribution in [0.2, 0.25) is 0 Å². The number of rotatable bonds is 3. The third-order valence-corrected chi connectivity index (χ3v) is 3.84. The number of benzene rings is 1. The summed E-state index contributed by atoms with van der Waals surface area (Å²) in [5.74, 6) is 0.814. The zero-order valence-electron chi connectivity index (χ0n) is 11.7. The van der Waals surface area contributed by atoms with Crippen molar-refractivity contribution in [2.45, 2.75) is 18.9 Å². The number of hydrogen-bond donors (Lipinski definition) is 1. The van der Waals surface area contributed by atoms with Crippen molar-refractivity contribution in [2.75, 3.05) is 33.2 Å². The van der Waals surface area contributed by atoms with E-state index >= 15 is 0 Å². The van der Waals surface area contributed by atoms with E-state index in [9.17, 15) is 4.39 Å². The fourth-order valence-electron chi connectivity index (χ4n) is 2.62. The van der Waals surface area contributed by atoms with E-state index in [-0.39, 0.29) is 11.9 Å². The summed E-state index contributed by atoms with van der Waals surface area (Å²) in [5.41, 5.74) is 0.788. The largest absolute Gasteiger partial charge is 0.487 e. The number of halogens is 1. The van der Waals surface area contributed by atoms with Crippen molar-refractivity contribution < 1.29 is 9.13 Å². The number of nitrogens with zero attached hydrogens (tertiary/aromatic N) is 2. The average molecular weight is 277 g/mol. The third kappa shape index (κ3) is 2.93. The normalized spacial score (nSPS) is 20.6. The molecule has 0 aliphatic carbocycles. The fourth-order valence-corrected chi connectivity index (χ4v) is 2.62. The Balaban J connectivity index is 1.68. The van der Waals surface area contributed by atoms with E-state index in [0.717, 1.165) is 50.4 Å². The zero-order chi connectivity index (χ0) is 13.9. The maximum Gasteiger partial charge on any atom is 0.165 e. The highest BCUT2D eigenvalue weighted by atomic mass is 19.1. The summed E-state index contributed by atoms with van der Waals surface area (Å²) < 4.78 is 19.9. The van der Waals surface area contributed by atoms with E-state index in [1.807, 2.05) is 6.07 Å². The fraction of sp³-hybridized carbons (Fsp3) is 0.533. The highest BCUT2D eigenvalue weighted by molar-refractivity contribution is 5.99. The van der Waals surface area contributed by atoms with Crippen LogP contribution in [0.25, 0.3) is 0 Å². The van der Waals surface area contributed by atoms with Gasteiger partial charge in [-0.1, -0.05) is 0 Å². The maximum absolute atomic E-state index is 14.1. The van der Waals surface area contributed by atoms with Crippen LogP contribution in [0.15, 0.2) is 23.2 Å². The number of aliphatic imine (C=N–C) groups is 1. The predicted octanol–water partition coefficient (Wildman–Crippen LogP) is 1.65. The molecule has 20 heavy (non-hydrogen) atoms. The molecular weight excluding hydrogens is 257 g/mol. The molecule has 0 aromatic heterocycles. The van der Waals surface area contributed by atoms with Gasteiger partial charge >= 0.3 is 0 Å². The number of hydrogen-bond acceptors (Lipinski definition) is 4. The Labute approximate surface area is 118 Å². The van der Waals surface area contributed by atoms with Gasteiger partial charge in [-0.25, -0.2) is 4.39 Å². The summed E-state index contributed by atoms with van der Waals surface area (Å²) in [6, 6.07) is 5.08. The van der Waals surface area contributed by atoms with Gasteiger partial charge in [0.25, 0.3) is 0 Å². The molecule has 5 heteroatoms. The van der Waals surface area contributed by atoms with Crippen LogP contribution in [0, 0.1) is 5.82 Å². The maximum atomic E-state index is 14.1. The molecule has 2 heterocycles. The van der Waals surface area contributed by atoms with Gasteiger partial charge in [-0.2, -0.15) is 0 Å². The van der Waals surface area contributed by atoms with E-state index < -0.39 is 0 Å². The highest BCUT2D eigenvalue weighted by Gasteiger charge is 2.20. The van der Waals surface area contributed by atoms with Crippen molar-refractivity contribution in [3.8, 4) is 5.75 Å². The van der Waals surface area contributed by atoms with Crippen molar-refractivity contribution in [2.24, 2.45) is 4.99 Å². The molecule has 108 valence electrons.